The Bertz CT molecular complexity index is 613. The van der Waals surface area contributed by atoms with Crippen molar-refractivity contribution in [1.82, 2.24) is 4.57 Å². The first kappa shape index (κ1) is 13.2. The van der Waals surface area contributed by atoms with Crippen LogP contribution in [0.2, 0.25) is 0 Å². The Labute approximate surface area is 124 Å². The monoisotopic (exact) mass is 374 g/mol. The van der Waals surface area contributed by atoms with E-state index in [1.54, 1.807) is 0 Å². The van der Waals surface area contributed by atoms with Gasteiger partial charge in [-0.15, -0.1) is 0 Å². The number of aliphatic hydroxyl groups is 2. The number of hydrogen-bond donors (Lipinski definition) is 3. The van der Waals surface area contributed by atoms with Gasteiger partial charge in [-0.05, 0) is 34.7 Å². The lowest BCUT2D eigenvalue weighted by atomic mass is 10.2. The molecule has 0 aliphatic carbocycles. The zero-order chi connectivity index (χ0) is 13.6. The zero-order valence-electron chi connectivity index (χ0n) is 10.2. The molecule has 0 saturated carbocycles. The first-order valence-electron chi connectivity index (χ1n) is 6.10. The van der Waals surface area contributed by atoms with E-state index in [1.807, 2.05) is 29.0 Å². The van der Waals surface area contributed by atoms with Crippen LogP contribution in [-0.2, 0) is 4.74 Å². The van der Waals surface area contributed by atoms with Gasteiger partial charge in [0.2, 0.25) is 0 Å². The maximum absolute atomic E-state index is 9.83. The quantitative estimate of drug-likeness (QED) is 0.550. The molecule has 1 aromatic heterocycles. The van der Waals surface area contributed by atoms with E-state index in [2.05, 4.69) is 22.6 Å². The van der Waals surface area contributed by atoms with E-state index in [-0.39, 0.29) is 12.8 Å². The molecule has 2 heterocycles. The summed E-state index contributed by atoms with van der Waals surface area (Å²) in [6.07, 6.45) is 1.03. The Balaban J connectivity index is 2.05. The molecule has 1 aliphatic heterocycles. The Hall–Kier alpha value is -0.830. The summed E-state index contributed by atoms with van der Waals surface area (Å²) < 4.78 is 8.72. The van der Waals surface area contributed by atoms with Crippen LogP contribution in [0.3, 0.4) is 0 Å². The van der Waals surface area contributed by atoms with Crippen molar-refractivity contribution in [2.45, 2.75) is 24.9 Å². The van der Waals surface area contributed by atoms with Gasteiger partial charge in [-0.25, -0.2) is 0 Å². The van der Waals surface area contributed by atoms with Gasteiger partial charge in [0.25, 0.3) is 0 Å². The Kier molecular flexibility index (Phi) is 3.42. The van der Waals surface area contributed by atoms with Crippen molar-refractivity contribution >= 4 is 39.2 Å². The number of nitrogens with zero attached hydrogens (tertiary/aromatic N) is 1. The van der Waals surface area contributed by atoms with E-state index in [0.717, 1.165) is 20.2 Å². The molecule has 1 saturated heterocycles. The van der Waals surface area contributed by atoms with Crippen molar-refractivity contribution in [3.05, 3.63) is 28.0 Å². The predicted molar refractivity (Wildman–Crippen MR) is 80.7 cm³/mol. The molecule has 19 heavy (non-hydrogen) atoms. The Morgan fingerprint density at radius 3 is 2.95 bits per heavy atom. The molecule has 0 unspecified atom stereocenters. The molecular formula is C13H15IN2O3. The second kappa shape index (κ2) is 4.93. The molecule has 5 nitrogen and oxygen atoms in total. The first-order chi connectivity index (χ1) is 9.11. The van der Waals surface area contributed by atoms with Crippen LogP contribution in [0.1, 0.15) is 12.6 Å². The molecule has 3 rings (SSSR count). The lowest BCUT2D eigenvalue weighted by Crippen LogP contribution is -2.24. The summed E-state index contributed by atoms with van der Waals surface area (Å²) in [6.45, 7) is -0.171. The van der Waals surface area contributed by atoms with E-state index in [4.69, 9.17) is 15.6 Å². The molecule has 1 aromatic carbocycles. The third kappa shape index (κ3) is 2.12. The minimum Gasteiger partial charge on any atom is -0.398 e. The molecular weight excluding hydrogens is 359 g/mol. The largest absolute Gasteiger partial charge is 0.398 e. The van der Waals surface area contributed by atoms with Crippen molar-refractivity contribution < 1.29 is 14.9 Å². The number of halogens is 1. The first-order valence-corrected chi connectivity index (χ1v) is 7.18. The predicted octanol–water partition coefficient (Wildman–Crippen LogP) is 1.47. The summed E-state index contributed by atoms with van der Waals surface area (Å²) in [4.78, 5) is 0. The molecule has 0 amide bonds. The molecule has 1 fully saturated rings. The van der Waals surface area contributed by atoms with Gasteiger partial charge in [-0.1, -0.05) is 6.07 Å². The van der Waals surface area contributed by atoms with E-state index in [1.165, 1.54) is 0 Å². The number of ether oxygens (including phenoxy) is 1. The number of fused-ring (bicyclic) bond motifs is 1. The standard InChI is InChI=1S/C13H15IN2O3/c14-7-5-16(9-3-1-2-8(15)13(7)9)12-4-10(18)11(6-17)19-12/h1-3,5,10-12,17-18H,4,6,15H2/t10-,11-,12-/m1/s1. The van der Waals surface area contributed by atoms with Gasteiger partial charge in [-0.2, -0.15) is 0 Å². The zero-order valence-corrected chi connectivity index (χ0v) is 12.3. The molecule has 0 bridgehead atoms. The number of aromatic nitrogens is 1. The highest BCUT2D eigenvalue weighted by atomic mass is 127. The maximum atomic E-state index is 9.83. The summed E-state index contributed by atoms with van der Waals surface area (Å²) in [5.41, 5.74) is 7.72. The van der Waals surface area contributed by atoms with E-state index in [0.29, 0.717) is 6.42 Å². The van der Waals surface area contributed by atoms with Gasteiger partial charge in [0.05, 0.1) is 18.2 Å². The number of aliphatic hydroxyl groups excluding tert-OH is 2. The fraction of sp³-hybridized carbons (Fsp3) is 0.385. The van der Waals surface area contributed by atoms with Crippen molar-refractivity contribution in [3.8, 4) is 0 Å². The molecule has 0 radical (unpaired) electrons. The van der Waals surface area contributed by atoms with E-state index >= 15 is 0 Å². The van der Waals surface area contributed by atoms with Crippen LogP contribution in [0, 0.1) is 3.57 Å². The minimum absolute atomic E-state index is 0.171. The lowest BCUT2D eigenvalue weighted by molar-refractivity contribution is -0.0429. The summed E-state index contributed by atoms with van der Waals surface area (Å²) >= 11 is 2.24. The second-order valence-electron chi connectivity index (χ2n) is 4.74. The van der Waals surface area contributed by atoms with Crippen LogP contribution in [0.15, 0.2) is 24.4 Å². The third-order valence-corrected chi connectivity index (χ3v) is 4.36. The van der Waals surface area contributed by atoms with Gasteiger partial charge in [0, 0.05) is 27.3 Å². The van der Waals surface area contributed by atoms with Crippen LogP contribution in [-0.4, -0.2) is 33.6 Å². The van der Waals surface area contributed by atoms with Gasteiger partial charge < -0.3 is 25.3 Å². The topological polar surface area (TPSA) is 80.6 Å². The normalized spacial score (nSPS) is 27.2. The van der Waals surface area contributed by atoms with Crippen LogP contribution in [0.4, 0.5) is 5.69 Å². The molecule has 6 heteroatoms. The van der Waals surface area contributed by atoms with Crippen LogP contribution in [0.5, 0.6) is 0 Å². The summed E-state index contributed by atoms with van der Waals surface area (Å²) in [7, 11) is 0. The fourth-order valence-corrected chi connectivity index (χ4v) is 3.47. The highest BCUT2D eigenvalue weighted by molar-refractivity contribution is 14.1. The van der Waals surface area contributed by atoms with Crippen LogP contribution >= 0.6 is 22.6 Å². The van der Waals surface area contributed by atoms with Crippen molar-refractivity contribution in [2.75, 3.05) is 12.3 Å². The molecule has 2 aromatic rings. The lowest BCUT2D eigenvalue weighted by Gasteiger charge is -2.15. The number of nitrogen functional groups attached to an aromatic ring is 1. The average Bonchev–Trinajstić information content (AvgIpc) is 2.91. The minimum atomic E-state index is -0.633. The van der Waals surface area contributed by atoms with E-state index in [9.17, 15) is 5.11 Å². The molecule has 4 N–H and O–H groups in total. The highest BCUT2D eigenvalue weighted by Gasteiger charge is 2.35. The third-order valence-electron chi connectivity index (χ3n) is 3.54. The van der Waals surface area contributed by atoms with Crippen molar-refractivity contribution in [1.29, 1.82) is 0 Å². The fourth-order valence-electron chi connectivity index (χ4n) is 2.58. The van der Waals surface area contributed by atoms with Gasteiger partial charge >= 0.3 is 0 Å². The van der Waals surface area contributed by atoms with Gasteiger partial charge in [0.1, 0.15) is 12.3 Å². The smallest absolute Gasteiger partial charge is 0.137 e. The number of anilines is 1. The molecule has 3 atom stereocenters. The summed E-state index contributed by atoms with van der Waals surface area (Å²) in [5, 5.41) is 20.0. The average molecular weight is 374 g/mol. The summed E-state index contributed by atoms with van der Waals surface area (Å²) in [5.74, 6) is 0. The Morgan fingerprint density at radius 2 is 2.26 bits per heavy atom. The van der Waals surface area contributed by atoms with E-state index < -0.39 is 12.2 Å². The maximum Gasteiger partial charge on any atom is 0.137 e. The number of rotatable bonds is 2. The van der Waals surface area contributed by atoms with Crippen molar-refractivity contribution in [3.63, 3.8) is 0 Å². The highest BCUT2D eigenvalue weighted by Crippen LogP contribution is 2.35. The number of nitrogens with two attached hydrogens (primary N) is 1. The number of hydrogen-bond acceptors (Lipinski definition) is 4. The van der Waals surface area contributed by atoms with Crippen LogP contribution in [0.25, 0.3) is 10.9 Å². The molecule has 102 valence electrons. The van der Waals surface area contributed by atoms with Gasteiger partial charge in [-0.3, -0.25) is 0 Å². The van der Waals surface area contributed by atoms with Crippen molar-refractivity contribution in [2.24, 2.45) is 0 Å². The molecule has 0 spiro atoms. The summed E-state index contributed by atoms with van der Waals surface area (Å²) in [6, 6.07) is 5.75. The SMILES string of the molecule is Nc1cccc2c1c(I)cn2[C@H]1C[C@@H](O)[C@@H](CO)O1. The second-order valence-corrected chi connectivity index (χ2v) is 5.90. The number of benzene rings is 1. The molecule has 1 aliphatic rings. The van der Waals surface area contributed by atoms with Gasteiger partial charge in [0.15, 0.2) is 0 Å². The Morgan fingerprint density at radius 1 is 1.47 bits per heavy atom. The van der Waals surface area contributed by atoms with Crippen LogP contribution < -0.4 is 5.73 Å².